The molecule has 0 saturated carbocycles. The number of aliphatic hydroxyl groups excluding tert-OH is 3. The fourth-order valence-corrected chi connectivity index (χ4v) is 1.91. The zero-order valence-corrected chi connectivity index (χ0v) is 9.74. The molecule has 0 amide bonds. The maximum Gasteiger partial charge on any atom is 0.330 e. The lowest BCUT2D eigenvalue weighted by Crippen LogP contribution is -2.38. The van der Waals surface area contributed by atoms with Crippen molar-refractivity contribution in [1.82, 2.24) is 9.55 Å². The van der Waals surface area contributed by atoms with Crippen molar-refractivity contribution in [3.63, 3.8) is 0 Å². The van der Waals surface area contributed by atoms with E-state index in [1.807, 2.05) is 4.98 Å². The van der Waals surface area contributed by atoms with E-state index in [2.05, 4.69) is 0 Å². The fourth-order valence-electron chi connectivity index (χ4n) is 1.76. The molecule has 8 nitrogen and oxygen atoms in total. The molecule has 0 radical (unpaired) electrons. The molecule has 0 spiro atoms. The minimum Gasteiger partial charge on any atom is -0.394 e. The van der Waals surface area contributed by atoms with Gasteiger partial charge in [-0.25, -0.2) is 4.79 Å². The Bertz CT molecular complexity index is 555. The van der Waals surface area contributed by atoms with Crippen LogP contribution >= 0.6 is 11.6 Å². The summed E-state index contributed by atoms with van der Waals surface area (Å²) in [6, 6.07) is 0. The van der Waals surface area contributed by atoms with E-state index in [1.165, 1.54) is 0 Å². The van der Waals surface area contributed by atoms with Gasteiger partial charge in [0.25, 0.3) is 5.56 Å². The first-order chi connectivity index (χ1) is 8.45. The van der Waals surface area contributed by atoms with E-state index in [9.17, 15) is 19.8 Å². The summed E-state index contributed by atoms with van der Waals surface area (Å²) in [6.07, 6.45) is -3.98. The molecule has 1 aliphatic heterocycles. The molecule has 1 aromatic rings. The molecule has 0 aromatic carbocycles. The minimum atomic E-state index is -1.41. The van der Waals surface area contributed by atoms with E-state index in [-0.39, 0.29) is 5.02 Å². The summed E-state index contributed by atoms with van der Waals surface area (Å²) in [6.45, 7) is -0.513. The molecule has 1 fully saturated rings. The normalized spacial score (nSPS) is 31.8. The molecular weight excluding hydrogens is 268 g/mol. The van der Waals surface area contributed by atoms with Crippen LogP contribution in [0, 0.1) is 0 Å². The van der Waals surface area contributed by atoms with Crippen LogP contribution in [0.15, 0.2) is 15.8 Å². The summed E-state index contributed by atoms with van der Waals surface area (Å²) >= 11 is 5.57. The fraction of sp³-hybridized carbons (Fsp3) is 0.556. The molecule has 0 bridgehead atoms. The van der Waals surface area contributed by atoms with E-state index in [0.29, 0.717) is 0 Å². The van der Waals surface area contributed by atoms with Crippen LogP contribution in [0.25, 0.3) is 0 Å². The lowest BCUT2D eigenvalue weighted by Gasteiger charge is -2.17. The number of ether oxygens (including phenoxy) is 1. The SMILES string of the molecule is O=c1[nH]c(=O)n([C@@H]2O[C@@H](CO)[C@@H](O)[C@H]2O)cc1Cl. The number of halogens is 1. The number of rotatable bonds is 2. The smallest absolute Gasteiger partial charge is 0.330 e. The van der Waals surface area contributed by atoms with Crippen LogP contribution in [0.5, 0.6) is 0 Å². The Labute approximate surface area is 105 Å². The monoisotopic (exact) mass is 278 g/mol. The first-order valence-corrected chi connectivity index (χ1v) is 5.47. The Balaban J connectivity index is 2.42. The van der Waals surface area contributed by atoms with E-state index in [4.69, 9.17) is 21.4 Å². The third kappa shape index (κ3) is 2.08. The van der Waals surface area contributed by atoms with Gasteiger partial charge in [-0.05, 0) is 0 Å². The third-order valence-electron chi connectivity index (χ3n) is 2.72. The second-order valence-corrected chi connectivity index (χ2v) is 4.28. The lowest BCUT2D eigenvalue weighted by molar-refractivity contribution is -0.0550. The predicted octanol–water partition coefficient (Wildman–Crippen LogP) is -2.20. The van der Waals surface area contributed by atoms with Crippen LogP contribution in [-0.4, -0.2) is 49.8 Å². The standard InChI is InChI=1S/C9H11ClN2O6/c10-3-1-12(9(17)11-7(3)16)8-6(15)5(14)4(2-13)18-8/h1,4-6,8,13-15H,2H2,(H,11,16,17)/t4-,5+,6+,8+/m0/s1. The van der Waals surface area contributed by atoms with Crippen molar-refractivity contribution in [3.8, 4) is 0 Å². The molecule has 18 heavy (non-hydrogen) atoms. The summed E-state index contributed by atoms with van der Waals surface area (Å²) in [4.78, 5) is 24.6. The molecule has 0 unspecified atom stereocenters. The van der Waals surface area contributed by atoms with Gasteiger partial charge in [-0.15, -0.1) is 0 Å². The summed E-state index contributed by atoms with van der Waals surface area (Å²) in [5, 5.41) is 27.9. The number of aromatic amines is 1. The molecule has 1 saturated heterocycles. The summed E-state index contributed by atoms with van der Waals surface area (Å²) in [5.74, 6) is 0. The van der Waals surface area contributed by atoms with Gasteiger partial charge in [0.2, 0.25) is 0 Å². The van der Waals surface area contributed by atoms with Crippen molar-refractivity contribution in [1.29, 1.82) is 0 Å². The highest BCUT2D eigenvalue weighted by atomic mass is 35.5. The van der Waals surface area contributed by atoms with Gasteiger partial charge in [-0.1, -0.05) is 11.6 Å². The molecule has 4 atom stereocenters. The Morgan fingerprint density at radius 1 is 1.39 bits per heavy atom. The van der Waals surface area contributed by atoms with Crippen molar-refractivity contribution in [2.75, 3.05) is 6.61 Å². The molecule has 2 heterocycles. The maximum absolute atomic E-state index is 11.5. The van der Waals surface area contributed by atoms with Crippen LogP contribution < -0.4 is 11.2 Å². The van der Waals surface area contributed by atoms with Gasteiger partial charge in [0, 0.05) is 6.20 Å². The highest BCUT2D eigenvalue weighted by Gasteiger charge is 2.43. The average molecular weight is 279 g/mol. The van der Waals surface area contributed by atoms with Crippen molar-refractivity contribution in [2.24, 2.45) is 0 Å². The van der Waals surface area contributed by atoms with Crippen molar-refractivity contribution in [3.05, 3.63) is 32.1 Å². The zero-order chi connectivity index (χ0) is 13.4. The zero-order valence-electron chi connectivity index (χ0n) is 8.99. The number of H-pyrrole nitrogens is 1. The van der Waals surface area contributed by atoms with Crippen molar-refractivity contribution < 1.29 is 20.1 Å². The van der Waals surface area contributed by atoms with Gasteiger partial charge in [-0.3, -0.25) is 14.3 Å². The number of nitrogens with one attached hydrogen (secondary N) is 1. The highest BCUT2D eigenvalue weighted by Crippen LogP contribution is 2.28. The molecular formula is C9H11ClN2O6. The summed E-state index contributed by atoms with van der Waals surface area (Å²) in [5.41, 5.74) is -1.59. The first-order valence-electron chi connectivity index (χ1n) is 5.09. The number of aliphatic hydroxyl groups is 3. The first kappa shape index (κ1) is 13.2. The predicted molar refractivity (Wildman–Crippen MR) is 59.3 cm³/mol. The highest BCUT2D eigenvalue weighted by molar-refractivity contribution is 6.30. The molecule has 2 rings (SSSR count). The topological polar surface area (TPSA) is 125 Å². The lowest BCUT2D eigenvalue weighted by atomic mass is 10.1. The summed E-state index contributed by atoms with van der Waals surface area (Å²) in [7, 11) is 0. The molecule has 100 valence electrons. The van der Waals surface area contributed by atoms with Crippen LogP contribution in [0.1, 0.15) is 6.23 Å². The van der Waals surface area contributed by atoms with E-state index >= 15 is 0 Å². The number of hydrogen-bond donors (Lipinski definition) is 4. The second-order valence-electron chi connectivity index (χ2n) is 3.87. The third-order valence-corrected chi connectivity index (χ3v) is 2.98. The van der Waals surface area contributed by atoms with E-state index in [1.54, 1.807) is 0 Å². The van der Waals surface area contributed by atoms with Crippen LogP contribution in [0.3, 0.4) is 0 Å². The van der Waals surface area contributed by atoms with Crippen molar-refractivity contribution in [2.45, 2.75) is 24.5 Å². The molecule has 1 aliphatic rings. The quantitative estimate of drug-likeness (QED) is 0.487. The molecule has 9 heteroatoms. The largest absolute Gasteiger partial charge is 0.394 e. The number of nitrogens with zero attached hydrogens (tertiary/aromatic N) is 1. The van der Waals surface area contributed by atoms with Gasteiger partial charge in [0.15, 0.2) is 6.23 Å². The van der Waals surface area contributed by atoms with Gasteiger partial charge < -0.3 is 20.1 Å². The Hall–Kier alpha value is -1.19. The maximum atomic E-state index is 11.5. The Morgan fingerprint density at radius 3 is 2.61 bits per heavy atom. The minimum absolute atomic E-state index is 0.257. The van der Waals surface area contributed by atoms with E-state index < -0.39 is 42.4 Å². The average Bonchev–Trinajstić information content (AvgIpc) is 2.61. The second kappa shape index (κ2) is 4.82. The number of hydrogen-bond acceptors (Lipinski definition) is 6. The Morgan fingerprint density at radius 2 is 2.06 bits per heavy atom. The van der Waals surface area contributed by atoms with Crippen molar-refractivity contribution >= 4 is 11.6 Å². The number of aromatic nitrogens is 2. The van der Waals surface area contributed by atoms with Crippen LogP contribution in [0.4, 0.5) is 0 Å². The molecule has 0 aliphatic carbocycles. The summed E-state index contributed by atoms with van der Waals surface area (Å²) < 4.78 is 5.98. The van der Waals surface area contributed by atoms with Gasteiger partial charge in [-0.2, -0.15) is 0 Å². The van der Waals surface area contributed by atoms with Gasteiger partial charge >= 0.3 is 5.69 Å². The molecule has 1 aromatic heterocycles. The van der Waals surface area contributed by atoms with Crippen LogP contribution in [-0.2, 0) is 4.74 Å². The Kier molecular flexibility index (Phi) is 3.55. The van der Waals surface area contributed by atoms with Gasteiger partial charge in [0.1, 0.15) is 23.3 Å². The van der Waals surface area contributed by atoms with Crippen LogP contribution in [0.2, 0.25) is 5.02 Å². The van der Waals surface area contributed by atoms with Gasteiger partial charge in [0.05, 0.1) is 6.61 Å². The molecule has 4 N–H and O–H groups in total. The van der Waals surface area contributed by atoms with E-state index in [0.717, 1.165) is 10.8 Å².